The number of methoxy groups -OCH3 is 2. The first kappa shape index (κ1) is 31.9. The van der Waals surface area contributed by atoms with Crippen LogP contribution in [0.15, 0.2) is 53.5 Å². The summed E-state index contributed by atoms with van der Waals surface area (Å²) >= 11 is 0. The first-order valence-electron chi connectivity index (χ1n) is 14.9. The number of fused-ring (bicyclic) bond motifs is 2. The number of ether oxygens (including phenoxy) is 4. The van der Waals surface area contributed by atoms with Crippen molar-refractivity contribution in [2.45, 2.75) is 72.6 Å². The molecule has 43 heavy (non-hydrogen) atoms. The number of benzene rings is 2. The van der Waals surface area contributed by atoms with Crippen molar-refractivity contribution in [1.82, 2.24) is 9.13 Å². The fourth-order valence-corrected chi connectivity index (χ4v) is 5.69. The fourth-order valence-electron chi connectivity index (χ4n) is 5.69. The quantitative estimate of drug-likeness (QED) is 0.222. The van der Waals surface area contributed by atoms with E-state index in [1.54, 1.807) is 18.7 Å². The minimum Gasteiger partial charge on any atom is -0.497 e. The van der Waals surface area contributed by atoms with Crippen LogP contribution in [-0.2, 0) is 34.3 Å². The number of hydrogen-bond acceptors (Lipinski definition) is 6. The van der Waals surface area contributed by atoms with Crippen LogP contribution in [0.5, 0.6) is 11.5 Å². The third kappa shape index (κ3) is 6.34. The number of aromatic nitrogens is 2. The van der Waals surface area contributed by atoms with Gasteiger partial charge in [-0.3, -0.25) is 4.79 Å². The fraction of sp³-hybridized carbons (Fsp3) is 0.429. The van der Waals surface area contributed by atoms with E-state index in [1.165, 1.54) is 7.11 Å². The summed E-state index contributed by atoms with van der Waals surface area (Å²) in [6, 6.07) is 13.8. The van der Waals surface area contributed by atoms with E-state index in [-0.39, 0.29) is 5.56 Å². The van der Waals surface area contributed by atoms with Crippen LogP contribution in [0.25, 0.3) is 22.0 Å². The first-order valence-corrected chi connectivity index (χ1v) is 14.9. The normalized spacial score (nSPS) is 13.4. The van der Waals surface area contributed by atoms with E-state index < -0.39 is 17.7 Å². The van der Waals surface area contributed by atoms with Gasteiger partial charge in [0.15, 0.2) is 6.10 Å². The molecular weight excluding hydrogens is 544 g/mol. The topological polar surface area (TPSA) is 80.9 Å². The predicted molar refractivity (Wildman–Crippen MR) is 170 cm³/mol. The van der Waals surface area contributed by atoms with Crippen LogP contribution in [-0.4, -0.2) is 41.5 Å². The number of esters is 1. The second kappa shape index (κ2) is 13.1. The van der Waals surface area contributed by atoms with E-state index in [1.807, 2.05) is 87.8 Å². The Kier molecular flexibility index (Phi) is 9.70. The summed E-state index contributed by atoms with van der Waals surface area (Å²) in [6.45, 7) is 12.9. The zero-order chi connectivity index (χ0) is 31.5. The number of carbonyl (C=O) groups excluding carboxylic acids is 1. The van der Waals surface area contributed by atoms with Gasteiger partial charge in [0.2, 0.25) is 0 Å². The minimum atomic E-state index is -1.12. The second-order valence-corrected chi connectivity index (χ2v) is 11.5. The SMILES string of the molecule is CC.COC(=O)[C@@H](OC(C)(C)C)c1c(-c2ccc3c(c2C)CCCO3)c2ccn(Cc3ccc(OC)cc3)c2c(=O)n1C. The molecule has 0 saturated carbocycles. The Bertz CT molecular complexity index is 1660. The molecule has 0 saturated heterocycles. The summed E-state index contributed by atoms with van der Waals surface area (Å²) in [5.41, 5.74) is 5.06. The molecule has 0 amide bonds. The van der Waals surface area contributed by atoms with Crippen LogP contribution in [0.4, 0.5) is 0 Å². The maximum Gasteiger partial charge on any atom is 0.341 e. The third-order valence-electron chi connectivity index (χ3n) is 7.66. The molecule has 2 aromatic heterocycles. The summed E-state index contributed by atoms with van der Waals surface area (Å²) in [5, 5.41) is 0.753. The van der Waals surface area contributed by atoms with Gasteiger partial charge < -0.3 is 28.1 Å². The van der Waals surface area contributed by atoms with Gasteiger partial charge in [0, 0.05) is 30.7 Å². The van der Waals surface area contributed by atoms with Crippen LogP contribution in [0, 0.1) is 6.92 Å². The standard InChI is InChI=1S/C33H38N2O6.C2H6/c1-20-23-9-8-18-40-26(23)15-14-24(20)27-25-16-17-35(19-21-10-12-22(38-6)13-11-21)28(25)31(36)34(5)29(27)30(32(37)39-7)41-33(2,3)4;1-2/h10-17,30H,8-9,18-19H2,1-7H3;1-2H3/t30-;/m0./s1. The maximum atomic E-state index is 14.1. The minimum absolute atomic E-state index is 0.220. The molecule has 8 nitrogen and oxygen atoms in total. The molecule has 0 fully saturated rings. The first-order chi connectivity index (χ1) is 20.5. The van der Waals surface area contributed by atoms with E-state index in [4.69, 9.17) is 18.9 Å². The number of rotatable bonds is 7. The zero-order valence-electron chi connectivity index (χ0n) is 26.9. The Labute approximate surface area is 254 Å². The van der Waals surface area contributed by atoms with Gasteiger partial charge in [-0.1, -0.05) is 32.0 Å². The van der Waals surface area contributed by atoms with Crippen LogP contribution >= 0.6 is 0 Å². The molecule has 0 unspecified atom stereocenters. The van der Waals surface area contributed by atoms with Crippen molar-refractivity contribution in [1.29, 1.82) is 0 Å². The molecule has 0 bridgehead atoms. The van der Waals surface area contributed by atoms with Gasteiger partial charge in [0.05, 0.1) is 32.1 Å². The summed E-state index contributed by atoms with van der Waals surface area (Å²) in [5.74, 6) is 1.09. The lowest BCUT2D eigenvalue weighted by Gasteiger charge is -2.30. The highest BCUT2D eigenvalue weighted by Gasteiger charge is 2.35. The van der Waals surface area contributed by atoms with Crippen molar-refractivity contribution >= 4 is 16.9 Å². The highest BCUT2D eigenvalue weighted by molar-refractivity contribution is 5.99. The molecule has 2 aromatic carbocycles. The average Bonchev–Trinajstić information content (AvgIpc) is 3.42. The number of pyridine rings is 1. The summed E-state index contributed by atoms with van der Waals surface area (Å²) in [6.07, 6.45) is 2.64. The molecule has 1 aliphatic rings. The van der Waals surface area contributed by atoms with Gasteiger partial charge >= 0.3 is 5.97 Å². The third-order valence-corrected chi connectivity index (χ3v) is 7.66. The Morgan fingerprint density at radius 2 is 1.74 bits per heavy atom. The van der Waals surface area contributed by atoms with E-state index in [0.717, 1.165) is 57.5 Å². The summed E-state index contributed by atoms with van der Waals surface area (Å²) < 4.78 is 26.3. The highest BCUT2D eigenvalue weighted by Crippen LogP contribution is 2.42. The molecular formula is C35H44N2O6. The van der Waals surface area contributed by atoms with Gasteiger partial charge in [0.1, 0.15) is 17.0 Å². The van der Waals surface area contributed by atoms with Crippen LogP contribution < -0.4 is 15.0 Å². The Morgan fingerprint density at radius 3 is 2.37 bits per heavy atom. The van der Waals surface area contributed by atoms with Crippen molar-refractivity contribution in [2.24, 2.45) is 7.05 Å². The van der Waals surface area contributed by atoms with Crippen LogP contribution in [0.3, 0.4) is 0 Å². The van der Waals surface area contributed by atoms with Crippen molar-refractivity contribution in [3.63, 3.8) is 0 Å². The van der Waals surface area contributed by atoms with Crippen molar-refractivity contribution in [3.8, 4) is 22.6 Å². The molecule has 3 heterocycles. The molecule has 1 atom stereocenters. The van der Waals surface area contributed by atoms with E-state index in [0.29, 0.717) is 24.4 Å². The number of carbonyl (C=O) groups is 1. The smallest absolute Gasteiger partial charge is 0.341 e. The van der Waals surface area contributed by atoms with Crippen molar-refractivity contribution in [2.75, 3.05) is 20.8 Å². The lowest BCUT2D eigenvalue weighted by Crippen LogP contribution is -2.34. The lowest BCUT2D eigenvalue weighted by molar-refractivity contribution is -0.165. The number of hydrogen-bond donors (Lipinski definition) is 0. The molecule has 0 radical (unpaired) electrons. The Morgan fingerprint density at radius 1 is 1.05 bits per heavy atom. The average molecular weight is 589 g/mol. The summed E-state index contributed by atoms with van der Waals surface area (Å²) in [7, 11) is 4.67. The molecule has 0 N–H and O–H groups in total. The Balaban J connectivity index is 0.00000207. The zero-order valence-corrected chi connectivity index (χ0v) is 26.9. The van der Waals surface area contributed by atoms with Gasteiger partial charge in [0.25, 0.3) is 5.56 Å². The van der Waals surface area contributed by atoms with E-state index in [9.17, 15) is 9.59 Å². The number of nitrogens with zero attached hydrogens (tertiary/aromatic N) is 2. The lowest BCUT2D eigenvalue weighted by atomic mass is 9.89. The van der Waals surface area contributed by atoms with Gasteiger partial charge in [-0.25, -0.2) is 4.79 Å². The molecule has 0 spiro atoms. The monoisotopic (exact) mass is 588 g/mol. The van der Waals surface area contributed by atoms with Crippen LogP contribution in [0.2, 0.25) is 0 Å². The van der Waals surface area contributed by atoms with Gasteiger partial charge in [-0.15, -0.1) is 0 Å². The van der Waals surface area contributed by atoms with E-state index in [2.05, 4.69) is 6.92 Å². The molecule has 5 rings (SSSR count). The van der Waals surface area contributed by atoms with Gasteiger partial charge in [-0.2, -0.15) is 0 Å². The van der Waals surface area contributed by atoms with E-state index >= 15 is 0 Å². The molecule has 1 aliphatic heterocycles. The summed E-state index contributed by atoms with van der Waals surface area (Å²) in [4.78, 5) is 27.4. The van der Waals surface area contributed by atoms with Crippen LogP contribution in [0.1, 0.15) is 69.5 Å². The maximum absolute atomic E-state index is 14.1. The molecule has 0 aliphatic carbocycles. The largest absolute Gasteiger partial charge is 0.497 e. The highest BCUT2D eigenvalue weighted by atomic mass is 16.6. The second-order valence-electron chi connectivity index (χ2n) is 11.5. The molecule has 4 aromatic rings. The molecule has 8 heteroatoms. The predicted octanol–water partition coefficient (Wildman–Crippen LogP) is 6.75. The van der Waals surface area contributed by atoms with Gasteiger partial charge in [-0.05, 0) is 87.1 Å². The van der Waals surface area contributed by atoms with Crippen molar-refractivity contribution < 1.29 is 23.7 Å². The van der Waals surface area contributed by atoms with Crippen molar-refractivity contribution in [3.05, 3.63) is 81.4 Å². The molecule has 230 valence electrons. The Hall–Kier alpha value is -4.04.